The number of methoxy groups -OCH3 is 1. The Morgan fingerprint density at radius 1 is 1.19 bits per heavy atom. The zero-order valence-corrected chi connectivity index (χ0v) is 13.5. The van der Waals surface area contributed by atoms with Crippen LogP contribution in [0.1, 0.15) is 11.1 Å². The van der Waals surface area contributed by atoms with Gasteiger partial charge in [0.1, 0.15) is 11.5 Å². The number of hydrogen-bond donors (Lipinski definition) is 1. The topological polar surface area (TPSA) is 34.4 Å². The molecule has 0 aliphatic rings. The lowest BCUT2D eigenvalue weighted by Gasteiger charge is -2.09. The summed E-state index contributed by atoms with van der Waals surface area (Å²) in [5, 5.41) is 11.4. The fourth-order valence-corrected chi connectivity index (χ4v) is 3.21. The highest BCUT2D eigenvalue weighted by atomic mass is 79.9. The van der Waals surface area contributed by atoms with E-state index < -0.39 is 0 Å². The van der Waals surface area contributed by atoms with Crippen molar-refractivity contribution in [1.29, 1.82) is 0 Å². The van der Waals surface area contributed by atoms with Crippen molar-refractivity contribution >= 4 is 26.8 Å². The van der Waals surface area contributed by atoms with Crippen LogP contribution in [0.2, 0.25) is 0 Å². The molecule has 0 unspecified atom stereocenters. The summed E-state index contributed by atoms with van der Waals surface area (Å²) in [6.45, 7) is 0. The van der Waals surface area contributed by atoms with E-state index >= 15 is 0 Å². The molecule has 0 bridgehead atoms. The van der Waals surface area contributed by atoms with Crippen molar-refractivity contribution < 1.29 is 9.84 Å². The SMILES string of the molecule is COc1cc(O)c(Cc2cn(C)c3ccccc23)cc1Br. The third-order valence-electron chi connectivity index (χ3n) is 3.71. The maximum absolute atomic E-state index is 10.2. The average Bonchev–Trinajstić information content (AvgIpc) is 2.79. The van der Waals surface area contributed by atoms with E-state index in [1.807, 2.05) is 25.2 Å². The number of aryl methyl sites for hydroxylation is 1. The lowest BCUT2D eigenvalue weighted by Crippen LogP contribution is -1.91. The normalized spacial score (nSPS) is 11.0. The van der Waals surface area contributed by atoms with E-state index in [2.05, 4.69) is 38.8 Å². The summed E-state index contributed by atoms with van der Waals surface area (Å²) in [7, 11) is 3.62. The average molecular weight is 346 g/mol. The van der Waals surface area contributed by atoms with E-state index in [-0.39, 0.29) is 5.75 Å². The van der Waals surface area contributed by atoms with Gasteiger partial charge in [-0.15, -0.1) is 0 Å². The Morgan fingerprint density at radius 2 is 1.95 bits per heavy atom. The minimum absolute atomic E-state index is 0.253. The van der Waals surface area contributed by atoms with Gasteiger partial charge in [-0.25, -0.2) is 0 Å². The van der Waals surface area contributed by atoms with Crippen molar-refractivity contribution in [1.82, 2.24) is 4.57 Å². The van der Waals surface area contributed by atoms with Gasteiger partial charge in [-0.05, 0) is 39.2 Å². The predicted octanol–water partition coefficient (Wildman–Crippen LogP) is 4.25. The molecular weight excluding hydrogens is 330 g/mol. The standard InChI is InChI=1S/C17H16BrNO2/c1-19-10-12(13-5-3-4-6-15(13)19)7-11-8-14(18)17(21-2)9-16(11)20/h3-6,8-10,20H,7H2,1-2H3. The van der Waals surface area contributed by atoms with Gasteiger partial charge in [-0.2, -0.15) is 0 Å². The molecule has 21 heavy (non-hydrogen) atoms. The summed E-state index contributed by atoms with van der Waals surface area (Å²) < 4.78 is 8.15. The number of aromatic nitrogens is 1. The number of nitrogens with zero attached hydrogens (tertiary/aromatic N) is 1. The van der Waals surface area contributed by atoms with Crippen LogP contribution in [0.3, 0.4) is 0 Å². The molecule has 0 atom stereocenters. The second kappa shape index (κ2) is 5.45. The van der Waals surface area contributed by atoms with Gasteiger partial charge >= 0.3 is 0 Å². The van der Waals surface area contributed by atoms with Crippen LogP contribution < -0.4 is 4.74 Å². The number of phenolic OH excluding ortho intramolecular Hbond substituents is 1. The highest BCUT2D eigenvalue weighted by Gasteiger charge is 2.12. The summed E-state index contributed by atoms with van der Waals surface area (Å²) in [6.07, 6.45) is 2.79. The van der Waals surface area contributed by atoms with Crippen molar-refractivity contribution in [2.45, 2.75) is 6.42 Å². The van der Waals surface area contributed by atoms with E-state index in [1.165, 1.54) is 16.5 Å². The first-order valence-electron chi connectivity index (χ1n) is 6.68. The number of rotatable bonds is 3. The van der Waals surface area contributed by atoms with Crippen LogP contribution in [0, 0.1) is 0 Å². The van der Waals surface area contributed by atoms with Gasteiger partial charge in [0.2, 0.25) is 0 Å². The Morgan fingerprint density at radius 3 is 2.71 bits per heavy atom. The van der Waals surface area contributed by atoms with Crippen LogP contribution in [-0.4, -0.2) is 16.8 Å². The van der Waals surface area contributed by atoms with Crippen molar-refractivity contribution in [3.63, 3.8) is 0 Å². The summed E-state index contributed by atoms with van der Waals surface area (Å²) in [4.78, 5) is 0. The van der Waals surface area contributed by atoms with Crippen LogP contribution >= 0.6 is 15.9 Å². The maximum Gasteiger partial charge on any atom is 0.136 e. The lowest BCUT2D eigenvalue weighted by atomic mass is 10.0. The smallest absolute Gasteiger partial charge is 0.136 e. The van der Waals surface area contributed by atoms with Gasteiger partial charge in [-0.1, -0.05) is 18.2 Å². The fraction of sp³-hybridized carbons (Fsp3) is 0.176. The Hall–Kier alpha value is -1.94. The minimum atomic E-state index is 0.253. The minimum Gasteiger partial charge on any atom is -0.508 e. The maximum atomic E-state index is 10.2. The molecule has 1 N–H and O–H groups in total. The second-order valence-corrected chi connectivity index (χ2v) is 5.93. The molecule has 0 radical (unpaired) electrons. The van der Waals surface area contributed by atoms with Crippen LogP contribution in [-0.2, 0) is 13.5 Å². The van der Waals surface area contributed by atoms with Crippen LogP contribution in [0.25, 0.3) is 10.9 Å². The largest absolute Gasteiger partial charge is 0.508 e. The van der Waals surface area contributed by atoms with Gasteiger partial charge in [0, 0.05) is 36.6 Å². The van der Waals surface area contributed by atoms with E-state index in [9.17, 15) is 5.11 Å². The van der Waals surface area contributed by atoms with Gasteiger partial charge in [-0.3, -0.25) is 0 Å². The van der Waals surface area contributed by atoms with Gasteiger partial charge in [0.15, 0.2) is 0 Å². The summed E-state index contributed by atoms with van der Waals surface area (Å²) in [6, 6.07) is 11.8. The molecule has 0 aliphatic heterocycles. The fourth-order valence-electron chi connectivity index (χ4n) is 2.65. The van der Waals surface area contributed by atoms with Gasteiger partial charge < -0.3 is 14.4 Å². The first-order valence-corrected chi connectivity index (χ1v) is 7.47. The molecule has 0 aliphatic carbocycles. The van der Waals surface area contributed by atoms with E-state index in [0.717, 1.165) is 10.0 Å². The number of fused-ring (bicyclic) bond motifs is 1. The van der Waals surface area contributed by atoms with Crippen LogP contribution in [0.15, 0.2) is 47.1 Å². The molecule has 0 spiro atoms. The number of benzene rings is 2. The Labute approximate surface area is 131 Å². The summed E-state index contributed by atoms with van der Waals surface area (Å²) in [5.41, 5.74) is 3.26. The predicted molar refractivity (Wildman–Crippen MR) is 88.1 cm³/mol. The quantitative estimate of drug-likeness (QED) is 0.770. The number of ether oxygens (including phenoxy) is 1. The lowest BCUT2D eigenvalue weighted by molar-refractivity contribution is 0.404. The van der Waals surface area contributed by atoms with Crippen molar-refractivity contribution in [2.75, 3.05) is 7.11 Å². The second-order valence-electron chi connectivity index (χ2n) is 5.07. The van der Waals surface area contributed by atoms with Gasteiger partial charge in [0.25, 0.3) is 0 Å². The van der Waals surface area contributed by atoms with E-state index in [1.54, 1.807) is 13.2 Å². The highest BCUT2D eigenvalue weighted by Crippen LogP contribution is 2.34. The first kappa shape index (κ1) is 14.0. The monoisotopic (exact) mass is 345 g/mol. The van der Waals surface area contributed by atoms with Gasteiger partial charge in [0.05, 0.1) is 11.6 Å². The molecule has 0 saturated heterocycles. The molecular formula is C17H16BrNO2. The molecule has 3 nitrogen and oxygen atoms in total. The molecule has 0 fully saturated rings. The van der Waals surface area contributed by atoms with Crippen LogP contribution in [0.5, 0.6) is 11.5 Å². The molecule has 3 rings (SSSR count). The molecule has 108 valence electrons. The summed E-state index contributed by atoms with van der Waals surface area (Å²) >= 11 is 3.47. The number of aromatic hydroxyl groups is 1. The van der Waals surface area contributed by atoms with Crippen LogP contribution in [0.4, 0.5) is 0 Å². The number of hydrogen-bond acceptors (Lipinski definition) is 2. The Balaban J connectivity index is 2.05. The molecule has 0 amide bonds. The molecule has 0 saturated carbocycles. The third kappa shape index (κ3) is 2.51. The zero-order chi connectivity index (χ0) is 15.0. The first-order chi connectivity index (χ1) is 10.1. The number of phenols is 1. The molecule has 2 aromatic carbocycles. The molecule has 1 heterocycles. The number of para-hydroxylation sites is 1. The molecule has 3 aromatic rings. The van der Waals surface area contributed by atoms with Crippen molar-refractivity contribution in [3.05, 3.63) is 58.2 Å². The summed E-state index contributed by atoms with van der Waals surface area (Å²) in [5.74, 6) is 0.886. The Kier molecular flexibility index (Phi) is 3.64. The van der Waals surface area contributed by atoms with Crippen molar-refractivity contribution in [2.24, 2.45) is 7.05 Å². The number of halogens is 1. The molecule has 1 aromatic heterocycles. The van der Waals surface area contributed by atoms with E-state index in [0.29, 0.717) is 12.2 Å². The van der Waals surface area contributed by atoms with Crippen molar-refractivity contribution in [3.8, 4) is 11.5 Å². The Bertz CT molecular complexity index is 808. The highest BCUT2D eigenvalue weighted by molar-refractivity contribution is 9.10. The molecule has 4 heteroatoms. The van der Waals surface area contributed by atoms with E-state index in [4.69, 9.17) is 4.74 Å². The zero-order valence-electron chi connectivity index (χ0n) is 11.9. The third-order valence-corrected chi connectivity index (χ3v) is 4.33.